The molecule has 2 saturated heterocycles. The highest BCUT2D eigenvalue weighted by Gasteiger charge is 2.26. The molecule has 2 aromatic carbocycles. The van der Waals surface area contributed by atoms with Crippen LogP contribution in [0, 0.1) is 0 Å². The van der Waals surface area contributed by atoms with E-state index in [2.05, 4.69) is 16.3 Å². The molecular formula is C23H27Cl3N4O2. The first-order valence-corrected chi connectivity index (χ1v) is 11.9. The van der Waals surface area contributed by atoms with Gasteiger partial charge in [0.2, 0.25) is 0 Å². The summed E-state index contributed by atoms with van der Waals surface area (Å²) in [6.07, 6.45) is 0. The van der Waals surface area contributed by atoms with Gasteiger partial charge in [-0.2, -0.15) is 0 Å². The van der Waals surface area contributed by atoms with Gasteiger partial charge in [0, 0.05) is 55.0 Å². The number of morpholine rings is 1. The molecule has 0 aliphatic carbocycles. The van der Waals surface area contributed by atoms with Crippen molar-refractivity contribution in [2.45, 2.75) is 13.0 Å². The number of hydrogen-bond acceptors (Lipinski definition) is 4. The predicted octanol–water partition coefficient (Wildman–Crippen LogP) is 5.39. The number of halogens is 3. The number of carbonyl (C=O) groups is 1. The van der Waals surface area contributed by atoms with Gasteiger partial charge in [0.25, 0.3) is 0 Å². The third-order valence-corrected chi connectivity index (χ3v) is 6.84. The number of amides is 2. The molecule has 2 heterocycles. The molecule has 1 N–H and O–H groups in total. The first-order chi connectivity index (χ1) is 15.4. The van der Waals surface area contributed by atoms with E-state index in [1.54, 1.807) is 6.07 Å². The zero-order valence-corrected chi connectivity index (χ0v) is 20.3. The Morgan fingerprint density at radius 3 is 2.28 bits per heavy atom. The summed E-state index contributed by atoms with van der Waals surface area (Å²) in [7, 11) is 0. The van der Waals surface area contributed by atoms with E-state index in [0.29, 0.717) is 54.5 Å². The minimum absolute atomic E-state index is 0.0458. The molecule has 0 bridgehead atoms. The normalized spacial score (nSPS) is 17.9. The lowest BCUT2D eigenvalue weighted by molar-refractivity contribution is 0.0428. The van der Waals surface area contributed by atoms with Crippen LogP contribution in [-0.2, 0) is 4.74 Å². The van der Waals surface area contributed by atoms with Crippen molar-refractivity contribution in [2.75, 3.05) is 62.7 Å². The Bertz CT molecular complexity index is 960. The van der Waals surface area contributed by atoms with E-state index >= 15 is 0 Å². The van der Waals surface area contributed by atoms with Crippen LogP contribution in [0.1, 0.15) is 18.5 Å². The highest BCUT2D eigenvalue weighted by atomic mass is 35.5. The van der Waals surface area contributed by atoms with Gasteiger partial charge in [-0.1, -0.05) is 40.9 Å². The van der Waals surface area contributed by atoms with Crippen molar-refractivity contribution >= 4 is 52.2 Å². The van der Waals surface area contributed by atoms with E-state index in [1.807, 2.05) is 41.0 Å². The fraction of sp³-hybridized carbons (Fsp3) is 0.435. The van der Waals surface area contributed by atoms with Gasteiger partial charge in [0.15, 0.2) is 0 Å². The van der Waals surface area contributed by atoms with Crippen LogP contribution in [-0.4, -0.2) is 68.3 Å². The minimum Gasteiger partial charge on any atom is -0.378 e. The van der Waals surface area contributed by atoms with Crippen LogP contribution >= 0.6 is 34.8 Å². The lowest BCUT2D eigenvalue weighted by Gasteiger charge is -2.39. The first-order valence-electron chi connectivity index (χ1n) is 10.8. The molecule has 2 aromatic rings. The number of hydrogen-bond donors (Lipinski definition) is 1. The topological polar surface area (TPSA) is 48.0 Å². The summed E-state index contributed by atoms with van der Waals surface area (Å²) in [5.74, 6) is 0. The maximum atomic E-state index is 12.7. The summed E-state index contributed by atoms with van der Waals surface area (Å²) >= 11 is 18.9. The van der Waals surface area contributed by atoms with Crippen LogP contribution in [0.5, 0.6) is 0 Å². The molecule has 0 aromatic heterocycles. The molecule has 6 nitrogen and oxygen atoms in total. The molecule has 0 spiro atoms. The molecule has 2 fully saturated rings. The molecule has 0 saturated carbocycles. The summed E-state index contributed by atoms with van der Waals surface area (Å²) in [6.45, 7) is 7.54. The molecule has 32 heavy (non-hydrogen) atoms. The highest BCUT2D eigenvalue weighted by Crippen LogP contribution is 2.33. The molecule has 1 unspecified atom stereocenters. The molecule has 0 radical (unpaired) electrons. The Morgan fingerprint density at radius 1 is 0.906 bits per heavy atom. The fourth-order valence-corrected chi connectivity index (χ4v) is 4.84. The monoisotopic (exact) mass is 496 g/mol. The first kappa shape index (κ1) is 23.3. The summed E-state index contributed by atoms with van der Waals surface area (Å²) < 4.78 is 5.35. The van der Waals surface area contributed by atoms with Gasteiger partial charge in [0.05, 0.1) is 30.0 Å². The zero-order valence-electron chi connectivity index (χ0n) is 18.0. The number of ether oxygens (including phenoxy) is 1. The molecule has 9 heteroatoms. The lowest BCUT2D eigenvalue weighted by atomic mass is 10.1. The maximum absolute atomic E-state index is 12.7. The third-order valence-electron chi connectivity index (χ3n) is 5.95. The average molecular weight is 498 g/mol. The number of rotatable bonds is 4. The van der Waals surface area contributed by atoms with E-state index in [0.717, 1.165) is 30.0 Å². The van der Waals surface area contributed by atoms with E-state index < -0.39 is 0 Å². The van der Waals surface area contributed by atoms with Crippen LogP contribution in [0.25, 0.3) is 0 Å². The second-order valence-electron chi connectivity index (χ2n) is 8.05. The molecular weight excluding hydrogens is 471 g/mol. The summed E-state index contributed by atoms with van der Waals surface area (Å²) in [5.41, 5.74) is 2.87. The molecule has 2 aliphatic heterocycles. The number of benzene rings is 2. The summed E-state index contributed by atoms with van der Waals surface area (Å²) in [5, 5.41) is 5.34. The maximum Gasteiger partial charge on any atom is 0.320 e. The van der Waals surface area contributed by atoms with Crippen LogP contribution in [0.2, 0.25) is 15.1 Å². The standard InChI is InChI=1S/C23H27Cl3N4O2/c1-16(19-4-2-17(24)14-21(19)26)27-22-15-18(3-5-20(22)25)28-6-8-29(9-7-28)23(31)30-10-12-32-13-11-30/h2-5,14-16,27H,6-13H2,1H3. The van der Waals surface area contributed by atoms with Gasteiger partial charge < -0.3 is 24.8 Å². The molecule has 172 valence electrons. The third kappa shape index (κ3) is 5.37. The van der Waals surface area contributed by atoms with Crippen molar-refractivity contribution in [3.63, 3.8) is 0 Å². The van der Waals surface area contributed by atoms with Crippen molar-refractivity contribution in [1.29, 1.82) is 0 Å². The van der Waals surface area contributed by atoms with E-state index in [-0.39, 0.29) is 12.1 Å². The Kier molecular flexibility index (Phi) is 7.56. The lowest BCUT2D eigenvalue weighted by Crippen LogP contribution is -2.54. The Balaban J connectivity index is 1.40. The molecule has 4 rings (SSSR count). The van der Waals surface area contributed by atoms with Crippen molar-refractivity contribution < 1.29 is 9.53 Å². The van der Waals surface area contributed by atoms with E-state index in [1.165, 1.54) is 0 Å². The highest BCUT2D eigenvalue weighted by molar-refractivity contribution is 6.35. The SMILES string of the molecule is CC(Nc1cc(N2CCN(C(=O)N3CCOCC3)CC2)ccc1Cl)c1ccc(Cl)cc1Cl. The number of piperazine rings is 1. The van der Waals surface area contributed by atoms with Gasteiger partial charge in [-0.3, -0.25) is 0 Å². The van der Waals surface area contributed by atoms with Crippen molar-refractivity contribution in [3.8, 4) is 0 Å². The Hall–Kier alpha value is -1.86. The fourth-order valence-electron chi connectivity index (χ4n) is 4.09. The average Bonchev–Trinajstić information content (AvgIpc) is 2.80. The van der Waals surface area contributed by atoms with Crippen molar-refractivity contribution in [1.82, 2.24) is 9.80 Å². The Labute approximate surface area is 204 Å². The van der Waals surface area contributed by atoms with Crippen LogP contribution in [0.3, 0.4) is 0 Å². The smallest absolute Gasteiger partial charge is 0.320 e. The zero-order chi connectivity index (χ0) is 22.7. The van der Waals surface area contributed by atoms with Gasteiger partial charge in [0.1, 0.15) is 0 Å². The van der Waals surface area contributed by atoms with Crippen molar-refractivity contribution in [3.05, 3.63) is 57.0 Å². The van der Waals surface area contributed by atoms with Crippen LogP contribution in [0.15, 0.2) is 36.4 Å². The number of urea groups is 1. The van der Waals surface area contributed by atoms with Gasteiger partial charge in [-0.15, -0.1) is 0 Å². The molecule has 2 aliphatic rings. The molecule has 1 atom stereocenters. The summed E-state index contributed by atoms with van der Waals surface area (Å²) in [6, 6.07) is 11.5. The number of nitrogens with one attached hydrogen (secondary N) is 1. The largest absolute Gasteiger partial charge is 0.378 e. The van der Waals surface area contributed by atoms with E-state index in [4.69, 9.17) is 39.5 Å². The van der Waals surface area contributed by atoms with E-state index in [9.17, 15) is 4.79 Å². The minimum atomic E-state index is -0.0458. The van der Waals surface area contributed by atoms with Gasteiger partial charge in [-0.25, -0.2) is 4.79 Å². The quantitative estimate of drug-likeness (QED) is 0.615. The summed E-state index contributed by atoms with van der Waals surface area (Å²) in [4.78, 5) is 18.8. The van der Waals surface area contributed by atoms with Gasteiger partial charge >= 0.3 is 6.03 Å². The predicted molar refractivity (Wildman–Crippen MR) is 132 cm³/mol. The second-order valence-corrected chi connectivity index (χ2v) is 9.30. The number of nitrogens with zero attached hydrogens (tertiary/aromatic N) is 3. The van der Waals surface area contributed by atoms with Crippen molar-refractivity contribution in [2.24, 2.45) is 0 Å². The Morgan fingerprint density at radius 2 is 1.59 bits per heavy atom. The second kappa shape index (κ2) is 10.4. The van der Waals surface area contributed by atoms with Crippen LogP contribution in [0.4, 0.5) is 16.2 Å². The number of carbonyl (C=O) groups excluding carboxylic acids is 1. The number of anilines is 2. The van der Waals surface area contributed by atoms with Crippen LogP contribution < -0.4 is 10.2 Å². The van der Waals surface area contributed by atoms with Gasteiger partial charge in [-0.05, 0) is 42.8 Å². The molecule has 2 amide bonds.